The number of benzene rings is 1. The summed E-state index contributed by atoms with van der Waals surface area (Å²) in [4.78, 5) is 13.0. The summed E-state index contributed by atoms with van der Waals surface area (Å²) >= 11 is 0. The van der Waals surface area contributed by atoms with Gasteiger partial charge >= 0.3 is 0 Å². The molecule has 1 fully saturated rings. The second kappa shape index (κ2) is 4.97. The van der Waals surface area contributed by atoms with Crippen molar-refractivity contribution in [2.45, 2.75) is 11.7 Å². The number of halogens is 2. The highest BCUT2D eigenvalue weighted by molar-refractivity contribution is 8.14. The van der Waals surface area contributed by atoms with E-state index in [0.29, 0.717) is 5.69 Å². The van der Waals surface area contributed by atoms with Gasteiger partial charge in [-0.05, 0) is 12.1 Å². The molecule has 2 rings (SSSR count). The van der Waals surface area contributed by atoms with Crippen LogP contribution < -0.4 is 9.64 Å². The summed E-state index contributed by atoms with van der Waals surface area (Å²) in [5, 5.41) is -0.947. The van der Waals surface area contributed by atoms with Gasteiger partial charge in [-0.25, -0.2) is 12.8 Å². The Hall–Kier alpha value is -1.34. The molecule has 0 bridgehead atoms. The summed E-state index contributed by atoms with van der Waals surface area (Å²) < 4.78 is 40.6. The van der Waals surface area contributed by atoms with Crippen LogP contribution in [0.25, 0.3) is 0 Å². The molecule has 1 aromatic carbocycles. The van der Waals surface area contributed by atoms with Crippen LogP contribution >= 0.6 is 10.7 Å². The molecule has 1 aromatic rings. The van der Waals surface area contributed by atoms with E-state index in [0.717, 1.165) is 6.07 Å². The Labute approximate surface area is 114 Å². The zero-order valence-corrected chi connectivity index (χ0v) is 11.5. The van der Waals surface area contributed by atoms with Gasteiger partial charge in [-0.2, -0.15) is 0 Å². The van der Waals surface area contributed by atoms with Crippen LogP contribution in [-0.4, -0.2) is 33.2 Å². The maximum absolute atomic E-state index is 13.3. The second-order valence-corrected chi connectivity index (χ2v) is 7.03. The predicted octanol–water partition coefficient (Wildman–Crippen LogP) is 1.51. The Kier molecular flexibility index (Phi) is 3.69. The largest absolute Gasteiger partial charge is 0.494 e. The van der Waals surface area contributed by atoms with E-state index in [2.05, 4.69) is 0 Å². The summed E-state index contributed by atoms with van der Waals surface area (Å²) in [6, 6.07) is 3.89. The second-order valence-electron chi connectivity index (χ2n) is 4.12. The lowest BCUT2D eigenvalue weighted by atomic mass is 10.2. The number of amides is 1. The van der Waals surface area contributed by atoms with Crippen molar-refractivity contribution in [2.24, 2.45) is 0 Å². The number of hydrogen-bond donors (Lipinski definition) is 0. The smallest absolute Gasteiger partial charge is 0.237 e. The van der Waals surface area contributed by atoms with E-state index >= 15 is 0 Å². The summed E-state index contributed by atoms with van der Waals surface area (Å²) in [5.74, 6) is -0.940. The average Bonchev–Trinajstić information content (AvgIpc) is 2.72. The van der Waals surface area contributed by atoms with Gasteiger partial charge < -0.3 is 9.64 Å². The van der Waals surface area contributed by atoms with Crippen molar-refractivity contribution >= 4 is 31.3 Å². The average molecular weight is 308 g/mol. The quantitative estimate of drug-likeness (QED) is 0.794. The van der Waals surface area contributed by atoms with Gasteiger partial charge in [0.25, 0.3) is 0 Å². The third kappa shape index (κ3) is 2.82. The van der Waals surface area contributed by atoms with Gasteiger partial charge in [0.15, 0.2) is 11.6 Å². The van der Waals surface area contributed by atoms with Gasteiger partial charge in [-0.15, -0.1) is 0 Å². The van der Waals surface area contributed by atoms with Crippen LogP contribution in [0.3, 0.4) is 0 Å². The number of ether oxygens (including phenoxy) is 1. The Balaban J connectivity index is 2.31. The van der Waals surface area contributed by atoms with Crippen molar-refractivity contribution in [3.8, 4) is 5.75 Å². The molecule has 8 heteroatoms. The molecule has 1 unspecified atom stereocenters. The van der Waals surface area contributed by atoms with Crippen LogP contribution in [0.15, 0.2) is 18.2 Å². The summed E-state index contributed by atoms with van der Waals surface area (Å²) in [7, 11) is 2.76. The van der Waals surface area contributed by atoms with E-state index in [1.807, 2.05) is 0 Å². The normalized spacial score (nSPS) is 19.8. The molecular weight excluding hydrogens is 297 g/mol. The van der Waals surface area contributed by atoms with Crippen LogP contribution in [0, 0.1) is 5.82 Å². The SMILES string of the molecule is COc1cc(N2CC(S(=O)(=O)Cl)CC2=O)ccc1F. The van der Waals surface area contributed by atoms with Gasteiger partial charge in [0.2, 0.25) is 15.0 Å². The number of hydrogen-bond acceptors (Lipinski definition) is 4. The molecule has 1 aliphatic rings. The number of anilines is 1. The molecule has 0 aromatic heterocycles. The Bertz CT molecular complexity index is 619. The summed E-state index contributed by atoms with van der Waals surface area (Å²) in [6.45, 7) is -0.0422. The van der Waals surface area contributed by atoms with Crippen LogP contribution in [0.5, 0.6) is 5.75 Å². The van der Waals surface area contributed by atoms with Gasteiger partial charge in [0.05, 0.1) is 7.11 Å². The number of methoxy groups -OCH3 is 1. The third-order valence-electron chi connectivity index (χ3n) is 2.93. The minimum Gasteiger partial charge on any atom is -0.494 e. The predicted molar refractivity (Wildman–Crippen MR) is 68.5 cm³/mol. The van der Waals surface area contributed by atoms with E-state index < -0.39 is 20.1 Å². The lowest BCUT2D eigenvalue weighted by molar-refractivity contribution is -0.117. The highest BCUT2D eigenvalue weighted by atomic mass is 35.7. The number of nitrogens with zero attached hydrogens (tertiary/aromatic N) is 1. The fourth-order valence-electron chi connectivity index (χ4n) is 1.93. The van der Waals surface area contributed by atoms with Crippen LogP contribution in [0.4, 0.5) is 10.1 Å². The third-order valence-corrected chi connectivity index (χ3v) is 4.80. The van der Waals surface area contributed by atoms with Crippen LogP contribution in [0.2, 0.25) is 0 Å². The maximum atomic E-state index is 13.3. The van der Waals surface area contributed by atoms with Crippen molar-refractivity contribution in [3.05, 3.63) is 24.0 Å². The molecule has 1 saturated heterocycles. The number of carbonyl (C=O) groups excluding carboxylic acids is 1. The van der Waals surface area contributed by atoms with Crippen LogP contribution in [0.1, 0.15) is 6.42 Å². The molecule has 1 heterocycles. The first-order valence-electron chi connectivity index (χ1n) is 5.40. The Morgan fingerprint density at radius 3 is 2.68 bits per heavy atom. The van der Waals surface area contributed by atoms with E-state index in [9.17, 15) is 17.6 Å². The molecular formula is C11H11ClFNO4S. The zero-order chi connectivity index (χ0) is 14.2. The molecule has 1 amide bonds. The van der Waals surface area contributed by atoms with Gasteiger partial charge in [0.1, 0.15) is 5.25 Å². The van der Waals surface area contributed by atoms with E-state index in [1.165, 1.54) is 24.1 Å². The van der Waals surface area contributed by atoms with Crippen molar-refractivity contribution in [3.63, 3.8) is 0 Å². The minimum atomic E-state index is -3.80. The number of rotatable bonds is 3. The fourth-order valence-corrected chi connectivity index (χ4v) is 2.96. The molecule has 0 N–H and O–H groups in total. The molecule has 0 aliphatic carbocycles. The lowest BCUT2D eigenvalue weighted by Crippen LogP contribution is -2.26. The van der Waals surface area contributed by atoms with Gasteiger partial charge in [-0.3, -0.25) is 4.79 Å². The lowest BCUT2D eigenvalue weighted by Gasteiger charge is -2.17. The molecule has 1 atom stereocenters. The highest BCUT2D eigenvalue weighted by Crippen LogP contribution is 2.30. The monoisotopic (exact) mass is 307 g/mol. The van der Waals surface area contributed by atoms with Crippen molar-refractivity contribution in [2.75, 3.05) is 18.6 Å². The summed E-state index contributed by atoms with van der Waals surface area (Å²) in [6.07, 6.45) is -0.175. The Morgan fingerprint density at radius 1 is 1.47 bits per heavy atom. The molecule has 5 nitrogen and oxygen atoms in total. The highest BCUT2D eigenvalue weighted by Gasteiger charge is 2.38. The zero-order valence-electron chi connectivity index (χ0n) is 9.97. The van der Waals surface area contributed by atoms with Gasteiger partial charge in [-0.1, -0.05) is 0 Å². The summed E-state index contributed by atoms with van der Waals surface area (Å²) in [5.41, 5.74) is 0.381. The van der Waals surface area contributed by atoms with Gasteiger partial charge in [0, 0.05) is 35.4 Å². The van der Waals surface area contributed by atoms with Crippen molar-refractivity contribution in [1.29, 1.82) is 0 Å². The van der Waals surface area contributed by atoms with Crippen molar-refractivity contribution in [1.82, 2.24) is 0 Å². The van der Waals surface area contributed by atoms with E-state index in [-0.39, 0.29) is 24.6 Å². The molecule has 1 aliphatic heterocycles. The molecule has 0 saturated carbocycles. The molecule has 0 radical (unpaired) electrons. The van der Waals surface area contributed by atoms with Crippen molar-refractivity contribution < 1.29 is 22.3 Å². The minimum absolute atomic E-state index is 0.0116. The molecule has 19 heavy (non-hydrogen) atoms. The fraction of sp³-hybridized carbons (Fsp3) is 0.364. The number of carbonyl (C=O) groups is 1. The molecule has 0 spiro atoms. The first-order chi connectivity index (χ1) is 8.82. The first-order valence-corrected chi connectivity index (χ1v) is 7.77. The van der Waals surface area contributed by atoms with E-state index in [4.69, 9.17) is 15.4 Å². The molecule has 104 valence electrons. The topological polar surface area (TPSA) is 63.7 Å². The van der Waals surface area contributed by atoms with E-state index in [1.54, 1.807) is 0 Å². The standard InChI is InChI=1S/C11H11ClFNO4S/c1-18-10-4-7(2-3-9(10)13)14-6-8(5-11(14)15)19(12,16)17/h2-4,8H,5-6H2,1H3. The Morgan fingerprint density at radius 2 is 2.16 bits per heavy atom. The maximum Gasteiger partial charge on any atom is 0.237 e. The van der Waals surface area contributed by atoms with Crippen LogP contribution in [-0.2, 0) is 13.8 Å². The first kappa shape index (κ1) is 14.1.